The van der Waals surface area contributed by atoms with E-state index in [4.69, 9.17) is 4.98 Å². The number of piperazine rings is 2. The molecule has 0 radical (unpaired) electrons. The second kappa shape index (κ2) is 7.33. The van der Waals surface area contributed by atoms with E-state index in [-0.39, 0.29) is 17.5 Å². The van der Waals surface area contributed by atoms with Crippen molar-refractivity contribution < 1.29 is 4.79 Å². The second-order valence-corrected chi connectivity index (χ2v) is 9.05. The summed E-state index contributed by atoms with van der Waals surface area (Å²) >= 11 is 0. The van der Waals surface area contributed by atoms with Crippen molar-refractivity contribution in [3.63, 3.8) is 0 Å². The lowest BCUT2D eigenvalue weighted by molar-refractivity contribution is -0.124. The molecule has 1 atom stereocenters. The van der Waals surface area contributed by atoms with E-state index in [0.717, 1.165) is 61.9 Å². The Bertz CT molecular complexity index is 982. The smallest absolute Gasteiger partial charge is 0.243 e. The molecule has 0 aromatic carbocycles. The van der Waals surface area contributed by atoms with Crippen LogP contribution in [0.5, 0.6) is 0 Å². The quantitative estimate of drug-likeness (QED) is 0.681. The molecular weight excluding hydrogens is 392 g/mol. The number of nitrogens with zero attached hydrogens (tertiary/aromatic N) is 5. The Morgan fingerprint density at radius 3 is 2.71 bits per heavy atom. The molecule has 162 valence electrons. The minimum Gasteiger partial charge on any atom is -0.368 e. The fourth-order valence-corrected chi connectivity index (χ4v) is 5.61. The summed E-state index contributed by atoms with van der Waals surface area (Å²) in [6, 6.07) is 3.90. The first-order valence-electron chi connectivity index (χ1n) is 11.3. The first-order chi connectivity index (χ1) is 15.2. The molecule has 1 unspecified atom stereocenters. The van der Waals surface area contributed by atoms with Crippen molar-refractivity contribution in [3.8, 4) is 0 Å². The Morgan fingerprint density at radius 1 is 1.10 bits per heavy atom. The first kappa shape index (κ1) is 18.8. The Labute approximate surface area is 181 Å². The summed E-state index contributed by atoms with van der Waals surface area (Å²) in [7, 11) is 0. The van der Waals surface area contributed by atoms with Crippen LogP contribution in [0.3, 0.4) is 0 Å². The lowest BCUT2D eigenvalue weighted by atomic mass is 9.90. The second-order valence-electron chi connectivity index (χ2n) is 9.05. The third kappa shape index (κ3) is 3.18. The van der Waals surface area contributed by atoms with Gasteiger partial charge in [0.15, 0.2) is 0 Å². The summed E-state index contributed by atoms with van der Waals surface area (Å²) in [5.41, 5.74) is 2.19. The van der Waals surface area contributed by atoms with Crippen LogP contribution in [-0.4, -0.2) is 65.2 Å². The minimum absolute atomic E-state index is 0.00134. The summed E-state index contributed by atoms with van der Waals surface area (Å²) in [6.07, 6.45) is 9.06. The third-order valence-electron chi connectivity index (χ3n) is 7.20. The van der Waals surface area contributed by atoms with Crippen molar-refractivity contribution in [1.29, 1.82) is 0 Å². The lowest BCUT2D eigenvalue weighted by Crippen LogP contribution is -2.66. The summed E-state index contributed by atoms with van der Waals surface area (Å²) < 4.78 is 0. The zero-order valence-corrected chi connectivity index (χ0v) is 17.6. The van der Waals surface area contributed by atoms with Crippen molar-refractivity contribution in [3.05, 3.63) is 30.1 Å². The van der Waals surface area contributed by atoms with Gasteiger partial charge in [-0.25, -0.2) is 9.97 Å². The molecule has 2 saturated heterocycles. The molecule has 0 bridgehead atoms. The van der Waals surface area contributed by atoms with E-state index in [0.29, 0.717) is 18.9 Å². The zero-order valence-electron chi connectivity index (χ0n) is 17.6. The van der Waals surface area contributed by atoms with Gasteiger partial charge >= 0.3 is 0 Å². The number of hydrogen-bond donors (Lipinski definition) is 3. The van der Waals surface area contributed by atoms with Crippen LogP contribution in [0.15, 0.2) is 24.5 Å². The molecule has 2 aromatic rings. The van der Waals surface area contributed by atoms with E-state index in [2.05, 4.69) is 41.8 Å². The summed E-state index contributed by atoms with van der Waals surface area (Å²) in [5, 5.41) is 9.77. The van der Waals surface area contributed by atoms with Gasteiger partial charge in [-0.2, -0.15) is 4.98 Å². The number of nitrogens with one attached hydrogen (secondary N) is 3. The third-order valence-corrected chi connectivity index (χ3v) is 7.20. The molecule has 3 N–H and O–H groups in total. The summed E-state index contributed by atoms with van der Waals surface area (Å²) in [4.78, 5) is 31.2. The van der Waals surface area contributed by atoms with Gasteiger partial charge in [0.25, 0.3) is 0 Å². The van der Waals surface area contributed by atoms with E-state index in [1.807, 2.05) is 18.5 Å². The standard InChI is InChI=1S/C22H28N8O/c31-20-17-11-15-12-25-21(28-19(15)30(17)22(14-26-20)5-1-2-6-22)27-18-4-3-16(13-24-18)29-9-7-23-8-10-29/h3-4,12-13,17,23H,1-2,5-11,14H2,(H,26,31)(H,24,25,27,28). The van der Waals surface area contributed by atoms with Crippen LogP contribution in [-0.2, 0) is 11.2 Å². The number of anilines is 4. The number of carbonyl (C=O) groups is 1. The van der Waals surface area contributed by atoms with Crippen molar-refractivity contribution >= 4 is 29.2 Å². The SMILES string of the molecule is O=C1NCC2(CCCC2)N2c3nc(Nc4ccc(N5CCNCC5)cn4)ncc3CC12. The minimum atomic E-state index is -0.164. The molecule has 1 aliphatic carbocycles. The lowest BCUT2D eigenvalue weighted by Gasteiger charge is -2.47. The van der Waals surface area contributed by atoms with Gasteiger partial charge in [0.05, 0.1) is 17.4 Å². The fraction of sp³-hybridized carbons (Fsp3) is 0.545. The Morgan fingerprint density at radius 2 is 1.94 bits per heavy atom. The van der Waals surface area contributed by atoms with E-state index in [1.165, 1.54) is 12.8 Å². The first-order valence-corrected chi connectivity index (χ1v) is 11.3. The molecule has 1 saturated carbocycles. The molecule has 5 heterocycles. The normalized spacial score (nSPS) is 24.1. The molecule has 2 aromatic heterocycles. The van der Waals surface area contributed by atoms with E-state index >= 15 is 0 Å². The van der Waals surface area contributed by atoms with Crippen LogP contribution in [0.25, 0.3) is 0 Å². The van der Waals surface area contributed by atoms with Crippen LogP contribution < -0.4 is 25.8 Å². The highest BCUT2D eigenvalue weighted by Crippen LogP contribution is 2.45. The van der Waals surface area contributed by atoms with Crippen LogP contribution in [0.1, 0.15) is 31.2 Å². The van der Waals surface area contributed by atoms with E-state index in [1.54, 1.807) is 0 Å². The molecule has 3 aliphatic heterocycles. The van der Waals surface area contributed by atoms with Gasteiger partial charge in [0, 0.05) is 50.9 Å². The van der Waals surface area contributed by atoms with Gasteiger partial charge < -0.3 is 25.8 Å². The van der Waals surface area contributed by atoms with Gasteiger partial charge in [-0.05, 0) is 25.0 Å². The predicted molar refractivity (Wildman–Crippen MR) is 119 cm³/mol. The largest absolute Gasteiger partial charge is 0.368 e. The summed E-state index contributed by atoms with van der Waals surface area (Å²) in [6.45, 7) is 4.70. The highest BCUT2D eigenvalue weighted by molar-refractivity contribution is 5.90. The van der Waals surface area contributed by atoms with Gasteiger partial charge in [0.2, 0.25) is 11.9 Å². The van der Waals surface area contributed by atoms with Crippen molar-refractivity contribution in [2.24, 2.45) is 0 Å². The number of fused-ring (bicyclic) bond motifs is 4. The predicted octanol–water partition coefficient (Wildman–Crippen LogP) is 1.20. The van der Waals surface area contributed by atoms with Crippen molar-refractivity contribution in [1.82, 2.24) is 25.6 Å². The number of hydrogen-bond acceptors (Lipinski definition) is 8. The zero-order chi connectivity index (χ0) is 20.8. The Kier molecular flexibility index (Phi) is 4.45. The van der Waals surface area contributed by atoms with Crippen LogP contribution in [0.2, 0.25) is 0 Å². The van der Waals surface area contributed by atoms with Crippen LogP contribution in [0.4, 0.5) is 23.3 Å². The van der Waals surface area contributed by atoms with E-state index in [9.17, 15) is 4.79 Å². The van der Waals surface area contributed by atoms with Crippen molar-refractivity contribution in [2.45, 2.75) is 43.7 Å². The maximum atomic E-state index is 12.6. The van der Waals surface area contributed by atoms with Gasteiger partial charge in [-0.15, -0.1) is 0 Å². The van der Waals surface area contributed by atoms with Gasteiger partial charge in [-0.3, -0.25) is 4.79 Å². The highest BCUT2D eigenvalue weighted by atomic mass is 16.2. The maximum Gasteiger partial charge on any atom is 0.243 e. The van der Waals surface area contributed by atoms with Gasteiger partial charge in [0.1, 0.15) is 17.7 Å². The van der Waals surface area contributed by atoms with Crippen LogP contribution >= 0.6 is 0 Å². The van der Waals surface area contributed by atoms with Crippen molar-refractivity contribution in [2.75, 3.05) is 47.8 Å². The average molecular weight is 421 g/mol. The Hall–Kier alpha value is -2.94. The molecule has 1 spiro atoms. The Balaban J connectivity index is 1.25. The topological polar surface area (TPSA) is 98.3 Å². The number of carbonyl (C=O) groups excluding carboxylic acids is 1. The average Bonchev–Trinajstić information content (AvgIpc) is 3.43. The molecule has 31 heavy (non-hydrogen) atoms. The fourth-order valence-electron chi connectivity index (χ4n) is 5.61. The molecule has 9 heteroatoms. The van der Waals surface area contributed by atoms with E-state index < -0.39 is 0 Å². The molecular formula is C22H28N8O. The number of pyridine rings is 1. The summed E-state index contributed by atoms with van der Waals surface area (Å²) in [5.74, 6) is 2.27. The molecule has 6 rings (SSSR count). The van der Waals surface area contributed by atoms with Crippen LogP contribution in [0, 0.1) is 0 Å². The number of amides is 1. The highest BCUT2D eigenvalue weighted by Gasteiger charge is 2.52. The van der Waals surface area contributed by atoms with Gasteiger partial charge in [-0.1, -0.05) is 12.8 Å². The molecule has 1 amide bonds. The number of rotatable bonds is 3. The molecule has 3 fully saturated rings. The molecule has 4 aliphatic rings. The maximum absolute atomic E-state index is 12.6. The monoisotopic (exact) mass is 420 g/mol. The number of aromatic nitrogens is 3. The molecule has 9 nitrogen and oxygen atoms in total.